The molecule has 2 aliphatic heterocycles. The number of amides is 1. The van der Waals surface area contributed by atoms with E-state index >= 15 is 0 Å². The quantitative estimate of drug-likeness (QED) is 0.392. The second-order valence-corrected chi connectivity index (χ2v) is 12.4. The Hall–Kier alpha value is -3.07. The van der Waals surface area contributed by atoms with Gasteiger partial charge in [-0.15, -0.1) is 0 Å². The van der Waals surface area contributed by atoms with Crippen molar-refractivity contribution in [3.8, 4) is 0 Å². The number of hydrogen-bond donors (Lipinski definition) is 2. The molecule has 3 fully saturated rings. The number of piperazine rings is 1. The van der Waals surface area contributed by atoms with Crippen LogP contribution in [0.4, 0.5) is 0 Å². The summed E-state index contributed by atoms with van der Waals surface area (Å²) in [5.74, 6) is 0.400. The number of carbonyl (C=O) groups is 2. The summed E-state index contributed by atoms with van der Waals surface area (Å²) >= 11 is 0. The molecule has 3 unspecified atom stereocenters. The van der Waals surface area contributed by atoms with E-state index in [4.69, 9.17) is 5.73 Å². The summed E-state index contributed by atoms with van der Waals surface area (Å²) in [6.07, 6.45) is 7.57. The molecule has 1 saturated carbocycles. The maximum Gasteiger partial charge on any atom is 0.237 e. The normalized spacial score (nSPS) is 26.1. The van der Waals surface area contributed by atoms with Crippen LogP contribution < -0.4 is 11.1 Å². The zero-order valence-corrected chi connectivity index (χ0v) is 24.3. The van der Waals surface area contributed by atoms with E-state index in [1.54, 1.807) is 0 Å². The maximum atomic E-state index is 14.0. The molecule has 8 heteroatoms. The molecule has 1 aliphatic carbocycles. The molecule has 3 atom stereocenters. The molecule has 218 valence electrons. The number of Topliss-reactive ketones (excluding diaryl/α,β-unsaturated/α-hetero) is 1. The molecular weight excluding hydrogens is 512 g/mol. The summed E-state index contributed by atoms with van der Waals surface area (Å²) in [6, 6.07) is 18.3. The first-order valence-corrected chi connectivity index (χ1v) is 15.5. The Morgan fingerprint density at radius 2 is 1.73 bits per heavy atom. The average Bonchev–Trinajstić information content (AvgIpc) is 3.57. The van der Waals surface area contributed by atoms with Crippen LogP contribution in [-0.2, 0) is 18.3 Å². The molecule has 0 spiro atoms. The van der Waals surface area contributed by atoms with Crippen LogP contribution in [0.5, 0.6) is 0 Å². The second kappa shape index (κ2) is 12.4. The van der Waals surface area contributed by atoms with Crippen LogP contribution in [0.1, 0.15) is 61.1 Å². The van der Waals surface area contributed by atoms with E-state index in [-0.39, 0.29) is 29.7 Å². The molecule has 3 aromatic rings. The first-order chi connectivity index (χ1) is 20.0. The molecule has 3 heterocycles. The molecule has 0 bridgehead atoms. The predicted molar refractivity (Wildman–Crippen MR) is 162 cm³/mol. The Morgan fingerprint density at radius 1 is 0.976 bits per heavy atom. The Bertz CT molecular complexity index is 1350. The number of hydrogen-bond acceptors (Lipinski definition) is 6. The Morgan fingerprint density at radius 3 is 2.51 bits per heavy atom. The SMILES string of the molecule is Cn1c(C(=O)C(NC(=O)C2CCC3CN(CCCc4ccccc4)CCN32)C2CCC(N)CC2)nc2ccccc21. The van der Waals surface area contributed by atoms with Gasteiger partial charge < -0.3 is 20.5 Å². The lowest BCUT2D eigenvalue weighted by molar-refractivity contribution is -0.127. The number of aryl methyl sites for hydroxylation is 2. The Balaban J connectivity index is 1.11. The lowest BCUT2D eigenvalue weighted by Gasteiger charge is -2.40. The van der Waals surface area contributed by atoms with Crippen molar-refractivity contribution in [2.75, 3.05) is 26.2 Å². The van der Waals surface area contributed by atoms with Gasteiger partial charge in [0.2, 0.25) is 11.7 Å². The largest absolute Gasteiger partial charge is 0.344 e. The van der Waals surface area contributed by atoms with E-state index in [0.29, 0.717) is 11.9 Å². The number of para-hydroxylation sites is 2. The van der Waals surface area contributed by atoms with Crippen molar-refractivity contribution in [1.29, 1.82) is 0 Å². The standard InChI is InChI=1S/C33H44N6O2/c1-37-28-12-6-5-11-27(28)35-32(37)31(40)30(24-13-15-25(34)16-14-24)36-33(41)29-18-17-26-22-38(20-21-39(26)29)19-7-10-23-8-3-2-4-9-23/h2-6,8-9,11-12,24-26,29-30H,7,10,13-22,34H2,1H3,(H,36,41). The fourth-order valence-corrected chi connectivity index (χ4v) is 7.38. The minimum absolute atomic E-state index is 0.00277. The summed E-state index contributed by atoms with van der Waals surface area (Å²) in [6.45, 7) is 3.99. The molecule has 3 N–H and O–H groups in total. The van der Waals surface area contributed by atoms with Crippen molar-refractivity contribution < 1.29 is 9.59 Å². The molecule has 6 rings (SSSR count). The minimum atomic E-state index is -0.580. The van der Waals surface area contributed by atoms with Gasteiger partial charge in [-0.25, -0.2) is 4.98 Å². The maximum absolute atomic E-state index is 14.0. The van der Waals surface area contributed by atoms with Gasteiger partial charge in [0.05, 0.1) is 23.1 Å². The summed E-state index contributed by atoms with van der Waals surface area (Å²) in [5.41, 5.74) is 9.32. The molecule has 0 radical (unpaired) electrons. The molecule has 2 saturated heterocycles. The fraction of sp³-hybridized carbons (Fsp3) is 0.545. The number of aromatic nitrogens is 2. The van der Waals surface area contributed by atoms with Gasteiger partial charge in [0.25, 0.3) is 0 Å². The van der Waals surface area contributed by atoms with Gasteiger partial charge in [-0.3, -0.25) is 14.5 Å². The zero-order chi connectivity index (χ0) is 28.3. The number of imidazole rings is 1. The highest BCUT2D eigenvalue weighted by molar-refractivity contribution is 6.02. The van der Waals surface area contributed by atoms with Crippen LogP contribution in [0.25, 0.3) is 11.0 Å². The lowest BCUT2D eigenvalue weighted by atomic mass is 9.80. The van der Waals surface area contributed by atoms with Crippen LogP contribution in [0.2, 0.25) is 0 Å². The van der Waals surface area contributed by atoms with Gasteiger partial charge in [0.15, 0.2) is 5.82 Å². The third-order valence-electron chi connectivity index (χ3n) is 9.75. The van der Waals surface area contributed by atoms with Crippen molar-refractivity contribution in [2.45, 2.75) is 75.5 Å². The molecule has 2 aromatic carbocycles. The number of ketones is 1. The third-order valence-corrected chi connectivity index (χ3v) is 9.75. The molecule has 1 amide bonds. The highest BCUT2D eigenvalue weighted by Crippen LogP contribution is 2.31. The smallest absolute Gasteiger partial charge is 0.237 e. The fourth-order valence-electron chi connectivity index (χ4n) is 7.38. The molecule has 1 aromatic heterocycles. The predicted octanol–water partition coefficient (Wildman–Crippen LogP) is 3.54. The summed E-state index contributed by atoms with van der Waals surface area (Å²) in [5, 5.41) is 3.27. The van der Waals surface area contributed by atoms with Crippen molar-refractivity contribution in [3.05, 3.63) is 66.0 Å². The highest BCUT2D eigenvalue weighted by Gasteiger charge is 2.43. The van der Waals surface area contributed by atoms with Gasteiger partial charge in [-0.2, -0.15) is 0 Å². The van der Waals surface area contributed by atoms with Gasteiger partial charge >= 0.3 is 0 Å². The highest BCUT2D eigenvalue weighted by atomic mass is 16.2. The first kappa shape index (κ1) is 28.1. The van der Waals surface area contributed by atoms with E-state index in [1.807, 2.05) is 35.9 Å². The molecule has 8 nitrogen and oxygen atoms in total. The van der Waals surface area contributed by atoms with Gasteiger partial charge in [0.1, 0.15) is 0 Å². The number of nitrogens with two attached hydrogens (primary N) is 1. The van der Waals surface area contributed by atoms with Crippen LogP contribution in [0, 0.1) is 5.92 Å². The number of fused-ring (bicyclic) bond motifs is 2. The van der Waals surface area contributed by atoms with E-state index in [9.17, 15) is 9.59 Å². The number of rotatable bonds is 9. The lowest BCUT2D eigenvalue weighted by Crippen LogP contribution is -2.58. The number of nitrogens with one attached hydrogen (secondary N) is 1. The minimum Gasteiger partial charge on any atom is -0.344 e. The van der Waals surface area contributed by atoms with Gasteiger partial charge in [-0.1, -0.05) is 42.5 Å². The van der Waals surface area contributed by atoms with Crippen LogP contribution in [0.15, 0.2) is 54.6 Å². The van der Waals surface area contributed by atoms with Crippen molar-refractivity contribution in [1.82, 2.24) is 24.7 Å². The third kappa shape index (κ3) is 6.10. The van der Waals surface area contributed by atoms with Crippen molar-refractivity contribution in [3.63, 3.8) is 0 Å². The number of carbonyl (C=O) groups excluding carboxylic acids is 2. The van der Waals surface area contributed by atoms with E-state index < -0.39 is 6.04 Å². The zero-order valence-electron chi connectivity index (χ0n) is 24.3. The summed E-state index contributed by atoms with van der Waals surface area (Å²) < 4.78 is 1.87. The Labute approximate surface area is 243 Å². The van der Waals surface area contributed by atoms with E-state index in [0.717, 1.165) is 88.6 Å². The molecule has 3 aliphatic rings. The Kier molecular flexibility index (Phi) is 8.51. The number of benzene rings is 2. The van der Waals surface area contributed by atoms with Crippen molar-refractivity contribution in [2.24, 2.45) is 18.7 Å². The van der Waals surface area contributed by atoms with Crippen LogP contribution in [0.3, 0.4) is 0 Å². The van der Waals surface area contributed by atoms with Crippen molar-refractivity contribution >= 4 is 22.7 Å². The number of nitrogens with zero attached hydrogens (tertiary/aromatic N) is 4. The van der Waals surface area contributed by atoms with E-state index in [1.165, 1.54) is 5.56 Å². The summed E-state index contributed by atoms with van der Waals surface area (Å²) in [4.78, 5) is 37.5. The summed E-state index contributed by atoms with van der Waals surface area (Å²) in [7, 11) is 1.89. The van der Waals surface area contributed by atoms with E-state index in [2.05, 4.69) is 50.4 Å². The van der Waals surface area contributed by atoms with Gasteiger partial charge in [0, 0.05) is 38.8 Å². The monoisotopic (exact) mass is 556 g/mol. The van der Waals surface area contributed by atoms with Crippen LogP contribution in [-0.4, -0.2) is 81.4 Å². The second-order valence-electron chi connectivity index (χ2n) is 12.4. The van der Waals surface area contributed by atoms with Gasteiger partial charge in [-0.05, 0) is 81.5 Å². The van der Waals surface area contributed by atoms with Crippen LogP contribution >= 0.6 is 0 Å². The first-order valence-electron chi connectivity index (χ1n) is 15.5. The average molecular weight is 557 g/mol. The topological polar surface area (TPSA) is 96.5 Å². The molecular formula is C33H44N6O2. The molecule has 41 heavy (non-hydrogen) atoms.